The van der Waals surface area contributed by atoms with E-state index in [2.05, 4.69) is 5.32 Å². The number of aromatic hydroxyl groups is 1. The van der Waals surface area contributed by atoms with Crippen LogP contribution in [0.1, 0.15) is 15.2 Å². The van der Waals surface area contributed by atoms with Crippen molar-refractivity contribution in [2.45, 2.75) is 6.42 Å². The van der Waals surface area contributed by atoms with Crippen LogP contribution in [0.25, 0.3) is 0 Å². The Labute approximate surface area is 126 Å². The normalized spacial score (nSPS) is 10.1. The topological polar surface area (TPSA) is 75.6 Å². The van der Waals surface area contributed by atoms with Gasteiger partial charge < -0.3 is 15.2 Å². The zero-order valence-corrected chi connectivity index (χ0v) is 12.1. The van der Waals surface area contributed by atoms with Crippen molar-refractivity contribution in [2.24, 2.45) is 0 Å². The van der Waals surface area contributed by atoms with Gasteiger partial charge in [0.1, 0.15) is 5.75 Å². The molecule has 2 N–H and O–H groups in total. The minimum absolute atomic E-state index is 0.0233. The Bertz CT molecular complexity index is 610. The average molecular weight is 305 g/mol. The third kappa shape index (κ3) is 4.92. The molecule has 0 aliphatic rings. The second kappa shape index (κ2) is 7.44. The van der Waals surface area contributed by atoms with Crippen LogP contribution in [0.5, 0.6) is 5.75 Å². The smallest absolute Gasteiger partial charge is 0.338 e. The Hall–Kier alpha value is -2.34. The average Bonchev–Trinajstić information content (AvgIpc) is 2.98. The van der Waals surface area contributed by atoms with E-state index in [0.29, 0.717) is 6.54 Å². The highest BCUT2D eigenvalue weighted by Gasteiger charge is 2.10. The summed E-state index contributed by atoms with van der Waals surface area (Å²) in [6, 6.07) is 9.74. The lowest BCUT2D eigenvalue weighted by molar-refractivity contribution is -0.124. The first-order valence-corrected chi connectivity index (χ1v) is 7.28. The molecule has 1 amide bonds. The van der Waals surface area contributed by atoms with Crippen molar-refractivity contribution in [2.75, 3.05) is 13.2 Å². The maximum absolute atomic E-state index is 11.7. The van der Waals surface area contributed by atoms with Gasteiger partial charge in [-0.05, 0) is 36.1 Å². The lowest BCUT2D eigenvalue weighted by Gasteiger charge is -2.06. The Morgan fingerprint density at radius 1 is 1.24 bits per heavy atom. The number of hydrogen-bond acceptors (Lipinski definition) is 5. The minimum atomic E-state index is -0.640. The van der Waals surface area contributed by atoms with Gasteiger partial charge in [0.15, 0.2) is 6.61 Å². The molecule has 21 heavy (non-hydrogen) atoms. The molecule has 5 nitrogen and oxygen atoms in total. The molecule has 0 unspecified atom stereocenters. The van der Waals surface area contributed by atoms with E-state index in [9.17, 15) is 14.7 Å². The van der Waals surface area contributed by atoms with Crippen molar-refractivity contribution >= 4 is 23.2 Å². The van der Waals surface area contributed by atoms with Crippen molar-refractivity contribution in [3.63, 3.8) is 0 Å². The highest BCUT2D eigenvalue weighted by molar-refractivity contribution is 7.09. The van der Waals surface area contributed by atoms with E-state index < -0.39 is 5.97 Å². The third-order valence-electron chi connectivity index (χ3n) is 2.69. The molecule has 1 aromatic heterocycles. The number of rotatable bonds is 6. The van der Waals surface area contributed by atoms with Crippen LogP contribution in [0.15, 0.2) is 41.8 Å². The van der Waals surface area contributed by atoms with Crippen LogP contribution in [0, 0.1) is 0 Å². The summed E-state index contributed by atoms with van der Waals surface area (Å²) in [7, 11) is 0. The summed E-state index contributed by atoms with van der Waals surface area (Å²) in [5.74, 6) is -1.01. The molecular formula is C15H15NO4S. The number of carbonyl (C=O) groups excluding carboxylic acids is 2. The first-order chi connectivity index (χ1) is 10.1. The van der Waals surface area contributed by atoms with Crippen molar-refractivity contribution in [3.8, 4) is 5.75 Å². The SMILES string of the molecule is O=C(COC(=O)c1cccc(O)c1)NCCc1cccs1. The van der Waals surface area contributed by atoms with Crippen LogP contribution in [0.4, 0.5) is 0 Å². The quantitative estimate of drug-likeness (QED) is 0.800. The van der Waals surface area contributed by atoms with Gasteiger partial charge in [-0.15, -0.1) is 11.3 Å². The van der Waals surface area contributed by atoms with Crippen molar-refractivity contribution < 1.29 is 19.4 Å². The van der Waals surface area contributed by atoms with Crippen LogP contribution in [0.2, 0.25) is 0 Å². The molecule has 6 heteroatoms. The number of amides is 1. The number of phenols is 1. The van der Waals surface area contributed by atoms with E-state index in [1.54, 1.807) is 11.3 Å². The van der Waals surface area contributed by atoms with Crippen molar-refractivity contribution in [1.82, 2.24) is 5.32 Å². The summed E-state index contributed by atoms with van der Waals surface area (Å²) in [4.78, 5) is 24.4. The van der Waals surface area contributed by atoms with Gasteiger partial charge >= 0.3 is 5.97 Å². The molecule has 0 saturated carbocycles. The molecule has 110 valence electrons. The van der Waals surface area contributed by atoms with Crippen molar-refractivity contribution in [1.29, 1.82) is 0 Å². The van der Waals surface area contributed by atoms with Crippen LogP contribution < -0.4 is 5.32 Å². The van der Waals surface area contributed by atoms with Crippen LogP contribution in [-0.2, 0) is 16.0 Å². The van der Waals surface area contributed by atoms with Gasteiger partial charge in [0, 0.05) is 11.4 Å². The van der Waals surface area contributed by atoms with E-state index in [1.165, 1.54) is 29.1 Å². The first-order valence-electron chi connectivity index (χ1n) is 6.40. The Balaban J connectivity index is 1.70. The van der Waals surface area contributed by atoms with E-state index >= 15 is 0 Å². The summed E-state index contributed by atoms with van der Waals surface area (Å²) < 4.78 is 4.87. The largest absolute Gasteiger partial charge is 0.508 e. The van der Waals surface area contributed by atoms with Crippen LogP contribution in [0.3, 0.4) is 0 Å². The number of nitrogens with one attached hydrogen (secondary N) is 1. The Kier molecular flexibility index (Phi) is 5.34. The molecular weight excluding hydrogens is 290 g/mol. The predicted molar refractivity (Wildman–Crippen MR) is 79.4 cm³/mol. The molecule has 2 aromatic rings. The summed E-state index contributed by atoms with van der Waals surface area (Å²) in [5.41, 5.74) is 0.210. The highest BCUT2D eigenvalue weighted by Crippen LogP contribution is 2.11. The number of carbonyl (C=O) groups is 2. The zero-order valence-electron chi connectivity index (χ0n) is 11.2. The minimum Gasteiger partial charge on any atom is -0.508 e. The number of hydrogen-bond donors (Lipinski definition) is 2. The van der Waals surface area contributed by atoms with Gasteiger partial charge in [-0.25, -0.2) is 4.79 Å². The lowest BCUT2D eigenvalue weighted by Crippen LogP contribution is -2.30. The fourth-order valence-electron chi connectivity index (χ4n) is 1.68. The second-order valence-electron chi connectivity index (χ2n) is 4.31. The Morgan fingerprint density at radius 3 is 2.81 bits per heavy atom. The van der Waals surface area contributed by atoms with Gasteiger partial charge in [-0.1, -0.05) is 12.1 Å². The maximum atomic E-state index is 11.7. The molecule has 0 aliphatic carbocycles. The van der Waals surface area contributed by atoms with E-state index in [1.807, 2.05) is 17.5 Å². The summed E-state index contributed by atoms with van der Waals surface area (Å²) in [6.07, 6.45) is 0.754. The molecule has 2 rings (SSSR count). The maximum Gasteiger partial charge on any atom is 0.338 e. The van der Waals surface area contributed by atoms with Crippen molar-refractivity contribution in [3.05, 3.63) is 52.2 Å². The van der Waals surface area contributed by atoms with Gasteiger partial charge in [-0.3, -0.25) is 4.79 Å². The summed E-state index contributed by atoms with van der Waals surface area (Å²) >= 11 is 1.63. The molecule has 0 aliphatic heterocycles. The Morgan fingerprint density at radius 2 is 2.10 bits per heavy atom. The molecule has 0 atom stereocenters. The van der Waals surface area contributed by atoms with E-state index in [4.69, 9.17) is 4.74 Å². The molecule has 0 spiro atoms. The zero-order chi connectivity index (χ0) is 15.1. The van der Waals surface area contributed by atoms with E-state index in [-0.39, 0.29) is 23.8 Å². The molecule has 0 fully saturated rings. The van der Waals surface area contributed by atoms with Gasteiger partial charge in [-0.2, -0.15) is 0 Å². The number of phenolic OH excluding ortho intramolecular Hbond substituents is 1. The van der Waals surface area contributed by atoms with Gasteiger partial charge in [0.05, 0.1) is 5.56 Å². The van der Waals surface area contributed by atoms with Crippen LogP contribution in [-0.4, -0.2) is 30.1 Å². The first kappa shape index (κ1) is 15.1. The number of benzene rings is 1. The number of thiophene rings is 1. The standard InChI is InChI=1S/C15H15NO4S/c17-12-4-1-3-11(9-12)15(19)20-10-14(18)16-7-6-13-5-2-8-21-13/h1-5,8-9,17H,6-7,10H2,(H,16,18). The third-order valence-corrected chi connectivity index (χ3v) is 3.63. The highest BCUT2D eigenvalue weighted by atomic mass is 32.1. The molecule has 0 saturated heterocycles. The molecule has 0 radical (unpaired) electrons. The summed E-state index contributed by atoms with van der Waals surface area (Å²) in [5, 5.41) is 13.9. The predicted octanol–water partition coefficient (Wildman–Crippen LogP) is 1.97. The molecule has 1 heterocycles. The second-order valence-corrected chi connectivity index (χ2v) is 5.34. The fourth-order valence-corrected chi connectivity index (χ4v) is 2.39. The number of ether oxygens (including phenoxy) is 1. The molecule has 1 aromatic carbocycles. The molecule has 0 bridgehead atoms. The van der Waals surface area contributed by atoms with Gasteiger partial charge in [0.25, 0.3) is 5.91 Å². The fraction of sp³-hybridized carbons (Fsp3) is 0.200. The van der Waals surface area contributed by atoms with Gasteiger partial charge in [0.2, 0.25) is 0 Å². The monoisotopic (exact) mass is 305 g/mol. The van der Waals surface area contributed by atoms with Crippen LogP contribution >= 0.6 is 11.3 Å². The van der Waals surface area contributed by atoms with E-state index in [0.717, 1.165) is 6.42 Å². The summed E-state index contributed by atoms with van der Waals surface area (Å²) in [6.45, 7) is 0.169. The lowest BCUT2D eigenvalue weighted by atomic mass is 10.2. The number of esters is 1.